The molecule has 0 saturated heterocycles. The number of nitrogens with zero attached hydrogens (tertiary/aromatic N) is 1. The highest BCUT2D eigenvalue weighted by atomic mass is 35.5. The first kappa shape index (κ1) is 23.0. The molecule has 0 saturated carbocycles. The SMILES string of the molecule is Cc1ccccc1C(Cc1[nH]cnc1-c1cccc(Cl)c1F)(OC=O)c1cc(Cl)ccc1C. The molecule has 0 bridgehead atoms. The quantitative estimate of drug-likeness (QED) is 0.294. The molecule has 4 nitrogen and oxygen atoms in total. The number of aromatic amines is 1. The molecule has 0 spiro atoms. The van der Waals surface area contributed by atoms with E-state index in [1.165, 1.54) is 12.4 Å². The van der Waals surface area contributed by atoms with E-state index in [0.29, 0.717) is 22.9 Å². The molecule has 4 aromatic rings. The molecule has 0 amide bonds. The summed E-state index contributed by atoms with van der Waals surface area (Å²) in [5, 5.41) is 0.509. The van der Waals surface area contributed by atoms with Crippen LogP contribution in [-0.4, -0.2) is 16.4 Å². The maximum Gasteiger partial charge on any atom is 0.294 e. The van der Waals surface area contributed by atoms with Crippen molar-refractivity contribution in [1.29, 1.82) is 0 Å². The third-order valence-electron chi connectivity index (χ3n) is 5.81. The average molecular weight is 483 g/mol. The fourth-order valence-electron chi connectivity index (χ4n) is 4.27. The third kappa shape index (κ3) is 4.26. The molecule has 0 aliphatic carbocycles. The minimum absolute atomic E-state index is 0.00134. The van der Waals surface area contributed by atoms with Gasteiger partial charge in [-0.25, -0.2) is 9.37 Å². The lowest BCUT2D eigenvalue weighted by Crippen LogP contribution is -2.35. The van der Waals surface area contributed by atoms with Crippen molar-refractivity contribution in [3.8, 4) is 11.3 Å². The number of benzene rings is 3. The summed E-state index contributed by atoms with van der Waals surface area (Å²) in [5.74, 6) is -0.566. The molecule has 33 heavy (non-hydrogen) atoms. The number of aryl methyl sites for hydroxylation is 2. The molecular formula is C26H21Cl2FN2O2. The van der Waals surface area contributed by atoms with E-state index in [0.717, 1.165) is 22.3 Å². The Morgan fingerprint density at radius 2 is 1.79 bits per heavy atom. The van der Waals surface area contributed by atoms with Gasteiger partial charge in [-0.3, -0.25) is 4.79 Å². The van der Waals surface area contributed by atoms with Crippen molar-refractivity contribution in [3.63, 3.8) is 0 Å². The Morgan fingerprint density at radius 3 is 2.55 bits per heavy atom. The molecule has 1 atom stereocenters. The molecular weight excluding hydrogens is 462 g/mol. The van der Waals surface area contributed by atoms with Gasteiger partial charge in [0.05, 0.1) is 17.0 Å². The fourth-order valence-corrected chi connectivity index (χ4v) is 4.61. The van der Waals surface area contributed by atoms with Gasteiger partial charge in [-0.05, 0) is 49.2 Å². The Morgan fingerprint density at radius 1 is 1.03 bits per heavy atom. The molecule has 0 radical (unpaired) electrons. The number of carbonyl (C=O) groups is 1. The van der Waals surface area contributed by atoms with Crippen LogP contribution in [0.5, 0.6) is 0 Å². The van der Waals surface area contributed by atoms with Gasteiger partial charge in [-0.15, -0.1) is 0 Å². The monoisotopic (exact) mass is 482 g/mol. The van der Waals surface area contributed by atoms with Crippen molar-refractivity contribution in [3.05, 3.63) is 111 Å². The Hall–Kier alpha value is -3.15. The predicted octanol–water partition coefficient (Wildman–Crippen LogP) is 6.80. The highest BCUT2D eigenvalue weighted by molar-refractivity contribution is 6.31. The summed E-state index contributed by atoms with van der Waals surface area (Å²) >= 11 is 12.4. The summed E-state index contributed by atoms with van der Waals surface area (Å²) in [6, 6.07) is 17.9. The van der Waals surface area contributed by atoms with E-state index >= 15 is 0 Å². The van der Waals surface area contributed by atoms with Crippen molar-refractivity contribution in [2.24, 2.45) is 0 Å². The van der Waals surface area contributed by atoms with E-state index in [9.17, 15) is 9.18 Å². The van der Waals surface area contributed by atoms with Crippen LogP contribution in [0.15, 0.2) is 67.0 Å². The van der Waals surface area contributed by atoms with E-state index < -0.39 is 11.4 Å². The summed E-state index contributed by atoms with van der Waals surface area (Å²) < 4.78 is 20.8. The molecule has 0 aliphatic rings. The minimum Gasteiger partial charge on any atom is -0.451 e. The largest absolute Gasteiger partial charge is 0.451 e. The number of H-pyrrole nitrogens is 1. The number of halogens is 3. The third-order valence-corrected chi connectivity index (χ3v) is 6.34. The molecule has 3 aromatic carbocycles. The van der Waals surface area contributed by atoms with Crippen molar-refractivity contribution < 1.29 is 13.9 Å². The number of aromatic nitrogens is 2. The number of nitrogens with one attached hydrogen (secondary N) is 1. The van der Waals surface area contributed by atoms with Gasteiger partial charge in [0.15, 0.2) is 11.4 Å². The van der Waals surface area contributed by atoms with Crippen molar-refractivity contribution >= 4 is 29.7 Å². The van der Waals surface area contributed by atoms with Crippen LogP contribution in [0.1, 0.15) is 27.9 Å². The summed E-state index contributed by atoms with van der Waals surface area (Å²) in [6.07, 6.45) is 1.65. The normalized spacial score (nSPS) is 12.9. The second-order valence-corrected chi connectivity index (χ2v) is 8.67. The van der Waals surface area contributed by atoms with Gasteiger partial charge in [0.1, 0.15) is 0 Å². The van der Waals surface area contributed by atoms with Gasteiger partial charge in [-0.1, -0.05) is 59.6 Å². The van der Waals surface area contributed by atoms with E-state index in [1.807, 2.05) is 44.2 Å². The molecule has 1 unspecified atom stereocenters. The summed E-state index contributed by atoms with van der Waals surface area (Å²) in [6.45, 7) is 4.31. The second-order valence-electron chi connectivity index (χ2n) is 7.82. The second kappa shape index (κ2) is 9.38. The molecule has 1 N–H and O–H groups in total. The van der Waals surface area contributed by atoms with Crippen LogP contribution in [-0.2, 0) is 21.6 Å². The Balaban J connectivity index is 1.97. The van der Waals surface area contributed by atoms with Gasteiger partial charge in [0.25, 0.3) is 6.47 Å². The fraction of sp³-hybridized carbons (Fsp3) is 0.154. The van der Waals surface area contributed by atoms with Crippen LogP contribution in [0.2, 0.25) is 10.0 Å². The van der Waals surface area contributed by atoms with Gasteiger partial charge < -0.3 is 9.72 Å². The topological polar surface area (TPSA) is 55.0 Å². The summed E-state index contributed by atoms with van der Waals surface area (Å²) in [7, 11) is 0. The van der Waals surface area contributed by atoms with Gasteiger partial charge in [0, 0.05) is 33.8 Å². The number of hydrogen-bond acceptors (Lipinski definition) is 3. The Kier molecular flexibility index (Phi) is 6.54. The molecule has 1 aromatic heterocycles. The number of hydrogen-bond donors (Lipinski definition) is 1. The zero-order valence-electron chi connectivity index (χ0n) is 18.0. The van der Waals surface area contributed by atoms with Gasteiger partial charge in [0.2, 0.25) is 0 Å². The van der Waals surface area contributed by atoms with Crippen LogP contribution in [0.4, 0.5) is 4.39 Å². The van der Waals surface area contributed by atoms with Gasteiger partial charge >= 0.3 is 0 Å². The first-order chi connectivity index (χ1) is 15.9. The minimum atomic E-state index is -1.24. The zero-order valence-corrected chi connectivity index (χ0v) is 19.5. The molecule has 7 heteroatoms. The van der Waals surface area contributed by atoms with E-state index in [2.05, 4.69) is 9.97 Å². The predicted molar refractivity (Wildman–Crippen MR) is 128 cm³/mol. The lowest BCUT2D eigenvalue weighted by Gasteiger charge is -2.35. The number of rotatable bonds is 7. The lowest BCUT2D eigenvalue weighted by atomic mass is 9.78. The molecule has 1 heterocycles. The maximum absolute atomic E-state index is 14.9. The molecule has 0 fully saturated rings. The highest BCUT2D eigenvalue weighted by Gasteiger charge is 2.40. The summed E-state index contributed by atoms with van der Waals surface area (Å²) in [4.78, 5) is 19.4. The number of carbonyl (C=O) groups excluding carboxylic acids is 1. The van der Waals surface area contributed by atoms with Gasteiger partial charge in [-0.2, -0.15) is 0 Å². The van der Waals surface area contributed by atoms with Crippen LogP contribution in [0, 0.1) is 19.7 Å². The standard InChI is InChI=1S/C26H21Cl2FN2O2/c1-16-6-3-4-8-20(16)26(33-15-32,21-12-18(27)11-10-17(21)2)13-23-25(31-14-30-23)19-7-5-9-22(28)24(19)29/h3-12,14-15H,13H2,1-2H3,(H,30,31). The van der Waals surface area contributed by atoms with Crippen LogP contribution in [0.25, 0.3) is 11.3 Å². The van der Waals surface area contributed by atoms with Crippen molar-refractivity contribution in [2.75, 3.05) is 0 Å². The molecule has 4 rings (SSSR count). The Labute approximate surface area is 201 Å². The van der Waals surface area contributed by atoms with Crippen LogP contribution in [0.3, 0.4) is 0 Å². The maximum atomic E-state index is 14.9. The molecule has 168 valence electrons. The smallest absolute Gasteiger partial charge is 0.294 e. The van der Waals surface area contributed by atoms with Crippen LogP contribution < -0.4 is 0 Å². The van der Waals surface area contributed by atoms with E-state index in [-0.39, 0.29) is 17.0 Å². The van der Waals surface area contributed by atoms with E-state index in [4.69, 9.17) is 27.9 Å². The van der Waals surface area contributed by atoms with Crippen molar-refractivity contribution in [1.82, 2.24) is 9.97 Å². The number of imidazole rings is 1. The molecule has 0 aliphatic heterocycles. The number of ether oxygens (including phenoxy) is 1. The lowest BCUT2D eigenvalue weighted by molar-refractivity contribution is -0.140. The van der Waals surface area contributed by atoms with Crippen LogP contribution >= 0.6 is 23.2 Å². The highest BCUT2D eigenvalue weighted by Crippen LogP contribution is 2.42. The first-order valence-corrected chi connectivity index (χ1v) is 11.0. The average Bonchev–Trinajstić information content (AvgIpc) is 3.25. The Bertz CT molecular complexity index is 1320. The van der Waals surface area contributed by atoms with E-state index in [1.54, 1.807) is 24.3 Å². The zero-order chi connectivity index (χ0) is 23.6. The first-order valence-electron chi connectivity index (χ1n) is 10.3. The van der Waals surface area contributed by atoms with Crippen molar-refractivity contribution in [2.45, 2.75) is 25.9 Å². The summed E-state index contributed by atoms with van der Waals surface area (Å²) in [5.41, 5.74) is 3.32.